The molecule has 3 atom stereocenters. The zero-order chi connectivity index (χ0) is 32.7. The van der Waals surface area contributed by atoms with Crippen LogP contribution in [0.25, 0.3) is 0 Å². The van der Waals surface area contributed by atoms with Crippen molar-refractivity contribution in [3.63, 3.8) is 0 Å². The standard InChI is InChI=1S/C34H48N4O6S/c1-7-19-43-25-16-11-15-24(20-25)29(39)26-21-45-31(35-26)27-17-12-18-38(27)32(41)28(23-13-9-8-10-14-23)36-30(40)22(2)37(6)33(42)44-34(3,4)5/h11,15-16,20-23,27-28H,7-10,12-14,17-19H2,1-6H3,(H,36,40)/t22-,27-,28-/m0/s1. The Kier molecular flexibility index (Phi) is 11.6. The summed E-state index contributed by atoms with van der Waals surface area (Å²) in [6.07, 6.45) is 6.63. The molecule has 1 aliphatic heterocycles. The molecule has 2 heterocycles. The Hall–Kier alpha value is -3.47. The fourth-order valence-corrected chi connectivity index (χ4v) is 6.84. The number of ketones is 1. The Balaban J connectivity index is 1.50. The number of hydrogen-bond donors (Lipinski definition) is 1. The average molecular weight is 641 g/mol. The van der Waals surface area contributed by atoms with E-state index in [9.17, 15) is 19.2 Å². The monoisotopic (exact) mass is 640 g/mol. The van der Waals surface area contributed by atoms with Crippen molar-refractivity contribution in [2.75, 3.05) is 20.2 Å². The summed E-state index contributed by atoms with van der Waals surface area (Å²) < 4.78 is 11.1. The molecule has 1 saturated carbocycles. The van der Waals surface area contributed by atoms with Crippen LogP contribution in [-0.4, -0.2) is 76.4 Å². The van der Waals surface area contributed by atoms with Crippen LogP contribution in [0.1, 0.15) is 113 Å². The van der Waals surface area contributed by atoms with E-state index < -0.39 is 29.7 Å². The van der Waals surface area contributed by atoms with Crippen molar-refractivity contribution in [1.29, 1.82) is 0 Å². The van der Waals surface area contributed by atoms with Crippen LogP contribution in [0.5, 0.6) is 5.75 Å². The van der Waals surface area contributed by atoms with Gasteiger partial charge in [-0.05, 0) is 77.8 Å². The number of ether oxygens (including phenoxy) is 2. The van der Waals surface area contributed by atoms with Crippen molar-refractivity contribution in [3.05, 3.63) is 45.9 Å². The largest absolute Gasteiger partial charge is 0.494 e. The minimum atomic E-state index is -0.827. The van der Waals surface area contributed by atoms with Gasteiger partial charge in [0, 0.05) is 24.5 Å². The molecule has 4 rings (SSSR count). The molecule has 0 unspecified atom stereocenters. The third-order valence-corrected chi connectivity index (χ3v) is 9.42. The van der Waals surface area contributed by atoms with E-state index in [1.165, 1.54) is 23.3 Å². The van der Waals surface area contributed by atoms with Crippen LogP contribution in [0.2, 0.25) is 0 Å². The van der Waals surface area contributed by atoms with Gasteiger partial charge in [0.25, 0.3) is 0 Å². The highest BCUT2D eigenvalue weighted by Crippen LogP contribution is 2.36. The van der Waals surface area contributed by atoms with E-state index >= 15 is 0 Å². The maximum absolute atomic E-state index is 14.3. The van der Waals surface area contributed by atoms with Crippen LogP contribution in [-0.2, 0) is 14.3 Å². The first kappa shape index (κ1) is 34.4. The van der Waals surface area contributed by atoms with E-state index in [1.54, 1.807) is 51.3 Å². The van der Waals surface area contributed by atoms with Gasteiger partial charge in [-0.1, -0.05) is 38.3 Å². The molecular weight excluding hydrogens is 592 g/mol. The topological polar surface area (TPSA) is 118 Å². The number of rotatable bonds is 11. The van der Waals surface area contributed by atoms with E-state index in [0.29, 0.717) is 35.2 Å². The van der Waals surface area contributed by atoms with Gasteiger partial charge in [0.05, 0.1) is 12.6 Å². The van der Waals surface area contributed by atoms with E-state index in [-0.39, 0.29) is 23.7 Å². The van der Waals surface area contributed by atoms with Gasteiger partial charge >= 0.3 is 6.09 Å². The number of carbonyl (C=O) groups excluding carboxylic acids is 4. The summed E-state index contributed by atoms with van der Waals surface area (Å²) in [5, 5.41) is 5.51. The summed E-state index contributed by atoms with van der Waals surface area (Å²) in [4.78, 5) is 61.5. The lowest BCUT2D eigenvalue weighted by atomic mass is 9.83. The molecule has 1 saturated heterocycles. The first-order valence-corrected chi connectivity index (χ1v) is 17.1. The first-order chi connectivity index (χ1) is 21.4. The number of nitrogens with one attached hydrogen (secondary N) is 1. The Morgan fingerprint density at radius 2 is 1.84 bits per heavy atom. The number of aromatic nitrogens is 1. The van der Waals surface area contributed by atoms with E-state index in [0.717, 1.165) is 51.4 Å². The summed E-state index contributed by atoms with van der Waals surface area (Å²) in [5.41, 5.74) is 0.156. The van der Waals surface area contributed by atoms with Gasteiger partial charge in [-0.15, -0.1) is 11.3 Å². The van der Waals surface area contributed by atoms with E-state index in [4.69, 9.17) is 14.5 Å². The summed E-state index contributed by atoms with van der Waals surface area (Å²) in [6, 6.07) is 5.32. The van der Waals surface area contributed by atoms with Gasteiger partial charge in [-0.25, -0.2) is 9.78 Å². The Labute approximate surface area is 270 Å². The maximum Gasteiger partial charge on any atom is 0.410 e. The van der Waals surface area contributed by atoms with Gasteiger partial charge in [0.1, 0.15) is 34.1 Å². The molecule has 2 aromatic rings. The lowest BCUT2D eigenvalue weighted by Gasteiger charge is -2.36. The first-order valence-electron chi connectivity index (χ1n) is 16.2. The number of hydrogen-bond acceptors (Lipinski definition) is 8. The zero-order valence-corrected chi connectivity index (χ0v) is 28.3. The quantitative estimate of drug-likeness (QED) is 0.293. The highest BCUT2D eigenvalue weighted by atomic mass is 32.1. The Morgan fingerprint density at radius 3 is 2.53 bits per heavy atom. The summed E-state index contributed by atoms with van der Waals surface area (Å²) >= 11 is 1.38. The van der Waals surface area contributed by atoms with Crippen molar-refractivity contribution in [2.24, 2.45) is 5.92 Å². The van der Waals surface area contributed by atoms with Crippen molar-refractivity contribution in [2.45, 2.75) is 110 Å². The summed E-state index contributed by atoms with van der Waals surface area (Å²) in [7, 11) is 1.53. The van der Waals surface area contributed by atoms with Gasteiger partial charge in [0.15, 0.2) is 0 Å². The van der Waals surface area contributed by atoms with Crippen molar-refractivity contribution >= 4 is 35.0 Å². The van der Waals surface area contributed by atoms with E-state index in [2.05, 4.69) is 5.32 Å². The lowest BCUT2D eigenvalue weighted by molar-refractivity contribution is -0.140. The molecule has 2 fully saturated rings. The predicted octanol–water partition coefficient (Wildman–Crippen LogP) is 6.15. The van der Waals surface area contributed by atoms with Crippen LogP contribution < -0.4 is 10.1 Å². The molecule has 45 heavy (non-hydrogen) atoms. The molecule has 1 aromatic carbocycles. The van der Waals surface area contributed by atoms with Gasteiger partial charge in [0.2, 0.25) is 17.6 Å². The van der Waals surface area contributed by atoms with E-state index in [1.807, 2.05) is 17.9 Å². The predicted molar refractivity (Wildman–Crippen MR) is 173 cm³/mol. The van der Waals surface area contributed by atoms with Crippen molar-refractivity contribution in [1.82, 2.24) is 20.1 Å². The van der Waals surface area contributed by atoms with Crippen LogP contribution in [0, 0.1) is 5.92 Å². The summed E-state index contributed by atoms with van der Waals surface area (Å²) in [5.74, 6) is -0.0611. The molecule has 1 aromatic heterocycles. The van der Waals surface area contributed by atoms with Crippen LogP contribution in [0.3, 0.4) is 0 Å². The molecule has 1 N–H and O–H groups in total. The molecule has 2 aliphatic rings. The van der Waals surface area contributed by atoms with Gasteiger partial charge in [-0.2, -0.15) is 0 Å². The molecule has 11 heteroatoms. The highest BCUT2D eigenvalue weighted by molar-refractivity contribution is 7.10. The van der Waals surface area contributed by atoms with Crippen LogP contribution >= 0.6 is 11.3 Å². The number of carbonyl (C=O) groups is 4. The highest BCUT2D eigenvalue weighted by Gasteiger charge is 2.41. The molecule has 1 aliphatic carbocycles. The summed E-state index contributed by atoms with van der Waals surface area (Å²) in [6.45, 7) is 10.1. The minimum Gasteiger partial charge on any atom is -0.494 e. The number of likely N-dealkylation sites (N-methyl/N-ethyl adjacent to an activating group) is 1. The smallest absolute Gasteiger partial charge is 0.410 e. The molecule has 246 valence electrons. The van der Waals surface area contributed by atoms with Crippen LogP contribution in [0.4, 0.5) is 4.79 Å². The fourth-order valence-electron chi connectivity index (χ4n) is 5.90. The lowest BCUT2D eigenvalue weighted by Crippen LogP contribution is -2.56. The molecule has 0 bridgehead atoms. The number of thiazole rings is 1. The number of amides is 3. The second kappa shape index (κ2) is 15.2. The fraction of sp³-hybridized carbons (Fsp3) is 0.618. The normalized spacial score (nSPS) is 18.6. The molecular formula is C34H48N4O6S. The van der Waals surface area contributed by atoms with Gasteiger partial charge < -0.3 is 19.7 Å². The van der Waals surface area contributed by atoms with Crippen molar-refractivity contribution in [3.8, 4) is 5.75 Å². The second-order valence-corrected chi connectivity index (χ2v) is 14.0. The number of benzene rings is 1. The molecule has 3 amide bonds. The van der Waals surface area contributed by atoms with Gasteiger partial charge in [-0.3, -0.25) is 19.3 Å². The number of nitrogens with zero attached hydrogens (tertiary/aromatic N) is 3. The Bertz CT molecular complexity index is 1350. The molecule has 0 radical (unpaired) electrons. The number of likely N-dealkylation sites (tertiary alicyclic amines) is 1. The molecule has 10 nitrogen and oxygen atoms in total. The van der Waals surface area contributed by atoms with Crippen molar-refractivity contribution < 1.29 is 28.7 Å². The SMILES string of the molecule is CCCOc1cccc(C(=O)c2csc([C@@H]3CCCN3C(=O)[C@@H](NC(=O)[C@H](C)N(C)C(=O)OC(C)(C)C)C3CCCCC3)n2)c1. The third-order valence-electron chi connectivity index (χ3n) is 8.47. The average Bonchev–Trinajstić information content (AvgIpc) is 3.71. The third kappa shape index (κ3) is 8.83. The zero-order valence-electron chi connectivity index (χ0n) is 27.5. The second-order valence-electron chi connectivity index (χ2n) is 13.1. The molecule has 0 spiro atoms. The van der Waals surface area contributed by atoms with Crippen LogP contribution in [0.15, 0.2) is 29.6 Å². The minimum absolute atomic E-state index is 0.00567. The maximum atomic E-state index is 14.3. The Morgan fingerprint density at radius 1 is 1.11 bits per heavy atom.